The second kappa shape index (κ2) is 6.18. The van der Waals surface area contributed by atoms with Crippen molar-refractivity contribution in [1.29, 1.82) is 0 Å². The Hall–Kier alpha value is -1.79. The van der Waals surface area contributed by atoms with Gasteiger partial charge >= 0.3 is 0 Å². The van der Waals surface area contributed by atoms with E-state index >= 15 is 0 Å². The van der Waals surface area contributed by atoms with E-state index in [0.29, 0.717) is 15.7 Å². The van der Waals surface area contributed by atoms with Crippen LogP contribution in [0, 0.1) is 3.70 Å². The van der Waals surface area contributed by atoms with Crippen molar-refractivity contribution in [2.24, 2.45) is 0 Å². The van der Waals surface area contributed by atoms with Crippen LogP contribution in [-0.4, -0.2) is 34.8 Å². The Bertz CT molecular complexity index is 1190. The fourth-order valence-electron chi connectivity index (χ4n) is 2.34. The first-order chi connectivity index (χ1) is 11.9. The average molecular weight is 486 g/mol. The van der Waals surface area contributed by atoms with E-state index in [0.717, 1.165) is 20.2 Å². The highest BCUT2D eigenvalue weighted by Crippen LogP contribution is 2.38. The van der Waals surface area contributed by atoms with Gasteiger partial charge in [0.2, 0.25) is 15.7 Å². The quantitative estimate of drug-likeness (QED) is 0.352. The molecule has 1 N–H and O–H groups in total. The fourth-order valence-corrected chi connectivity index (χ4v) is 4.61. The Labute approximate surface area is 160 Å². The molecule has 0 atom stereocenters. The van der Waals surface area contributed by atoms with Crippen LogP contribution in [0.15, 0.2) is 35.5 Å². The summed E-state index contributed by atoms with van der Waals surface area (Å²) < 4.78 is 31.5. The molecule has 0 radical (unpaired) electrons. The molecule has 10 heteroatoms. The number of sulfone groups is 1. The lowest BCUT2D eigenvalue weighted by molar-refractivity contribution is 0.295. The Balaban J connectivity index is 1.89. The summed E-state index contributed by atoms with van der Waals surface area (Å²) in [7, 11) is -3.56. The van der Waals surface area contributed by atoms with Crippen LogP contribution in [0.25, 0.3) is 20.4 Å². The van der Waals surface area contributed by atoms with Gasteiger partial charge in [-0.05, 0) is 28.2 Å². The maximum Gasteiger partial charge on any atom is 0.251 e. The summed E-state index contributed by atoms with van der Waals surface area (Å²) in [6, 6.07) is 9.60. The van der Waals surface area contributed by atoms with Gasteiger partial charge in [0.15, 0.2) is 0 Å². The van der Waals surface area contributed by atoms with E-state index in [1.807, 2.05) is 30.3 Å². The molecule has 128 valence electrons. The minimum Gasteiger partial charge on any atom is -0.472 e. The number of halogens is 1. The number of rotatable bonds is 4. The average Bonchev–Trinajstić information content (AvgIpc) is 3.12. The number of H-pyrrole nitrogens is 1. The lowest BCUT2D eigenvalue weighted by Crippen LogP contribution is -2.06. The van der Waals surface area contributed by atoms with Crippen LogP contribution in [-0.2, 0) is 16.4 Å². The summed E-state index contributed by atoms with van der Waals surface area (Å²) in [6.45, 7) is 0.273. The fraction of sp³-hybridized carbons (Fsp3) is 0.133. The lowest BCUT2D eigenvalue weighted by Gasteiger charge is -2.08. The Morgan fingerprint density at radius 2 is 2.00 bits per heavy atom. The minimum absolute atomic E-state index is 0.225. The van der Waals surface area contributed by atoms with Crippen molar-refractivity contribution in [3.05, 3.63) is 39.6 Å². The summed E-state index contributed by atoms with van der Waals surface area (Å²) >= 11 is 3.50. The Morgan fingerprint density at radius 1 is 1.24 bits per heavy atom. The van der Waals surface area contributed by atoms with E-state index in [4.69, 9.17) is 4.74 Å². The number of aromatic nitrogens is 4. The smallest absolute Gasteiger partial charge is 0.251 e. The van der Waals surface area contributed by atoms with Crippen LogP contribution in [0.3, 0.4) is 0 Å². The number of aromatic amines is 1. The third-order valence-corrected chi connectivity index (χ3v) is 6.57. The first-order valence-electron chi connectivity index (χ1n) is 7.14. The van der Waals surface area contributed by atoms with Crippen LogP contribution in [0.2, 0.25) is 0 Å². The molecule has 0 spiro atoms. The highest BCUT2D eigenvalue weighted by atomic mass is 127. The molecule has 4 rings (SSSR count). The molecule has 0 amide bonds. The lowest BCUT2D eigenvalue weighted by atomic mass is 10.2. The molecule has 0 saturated carbocycles. The largest absolute Gasteiger partial charge is 0.472 e. The zero-order valence-corrected chi connectivity index (χ0v) is 16.6. The van der Waals surface area contributed by atoms with Crippen molar-refractivity contribution in [2.75, 3.05) is 6.26 Å². The van der Waals surface area contributed by atoms with Crippen molar-refractivity contribution in [2.45, 2.75) is 11.8 Å². The van der Waals surface area contributed by atoms with E-state index in [1.165, 1.54) is 11.3 Å². The molecule has 3 heterocycles. The van der Waals surface area contributed by atoms with Crippen molar-refractivity contribution in [3.63, 3.8) is 0 Å². The SMILES string of the molecule is CS(=O)(=O)c1nc(OCc2ccccc2)c2c(n1)sc1c(I)[nH]nc12. The first-order valence-corrected chi connectivity index (χ1v) is 10.9. The predicted octanol–water partition coefficient (Wildman–Crippen LogP) is 3.15. The van der Waals surface area contributed by atoms with Crippen molar-refractivity contribution in [1.82, 2.24) is 20.2 Å². The molecule has 1 aromatic carbocycles. The summed E-state index contributed by atoms with van der Waals surface area (Å²) in [6.07, 6.45) is 1.08. The number of hydrogen-bond donors (Lipinski definition) is 1. The number of hydrogen-bond acceptors (Lipinski definition) is 7. The van der Waals surface area contributed by atoms with Crippen LogP contribution in [0.1, 0.15) is 5.56 Å². The second-order valence-electron chi connectivity index (χ2n) is 5.36. The van der Waals surface area contributed by atoms with E-state index in [2.05, 4.69) is 42.8 Å². The number of benzene rings is 1. The van der Waals surface area contributed by atoms with Gasteiger partial charge in [0.1, 0.15) is 26.0 Å². The van der Waals surface area contributed by atoms with Crippen LogP contribution < -0.4 is 4.74 Å². The maximum atomic E-state index is 11.9. The molecule has 0 bridgehead atoms. The van der Waals surface area contributed by atoms with E-state index in [9.17, 15) is 8.42 Å². The normalized spacial score (nSPS) is 12.1. The van der Waals surface area contributed by atoms with Gasteiger partial charge in [-0.2, -0.15) is 10.1 Å². The molecule has 0 aliphatic carbocycles. The van der Waals surface area contributed by atoms with Gasteiger partial charge in [-0.15, -0.1) is 11.3 Å². The minimum atomic E-state index is -3.56. The molecule has 3 aromatic heterocycles. The van der Waals surface area contributed by atoms with Gasteiger partial charge in [-0.3, -0.25) is 5.10 Å². The zero-order valence-electron chi connectivity index (χ0n) is 12.9. The topological polar surface area (TPSA) is 97.8 Å². The Morgan fingerprint density at radius 3 is 2.72 bits per heavy atom. The highest BCUT2D eigenvalue weighted by Gasteiger charge is 2.22. The van der Waals surface area contributed by atoms with E-state index in [-0.39, 0.29) is 17.6 Å². The van der Waals surface area contributed by atoms with E-state index < -0.39 is 9.84 Å². The van der Waals surface area contributed by atoms with Gasteiger partial charge in [0.25, 0.3) is 5.16 Å². The molecule has 4 aromatic rings. The third-order valence-electron chi connectivity index (χ3n) is 3.49. The number of nitrogens with zero attached hydrogens (tertiary/aromatic N) is 3. The summed E-state index contributed by atoms with van der Waals surface area (Å²) in [4.78, 5) is 8.89. The van der Waals surface area contributed by atoms with Gasteiger partial charge in [-0.25, -0.2) is 13.4 Å². The first kappa shape index (κ1) is 16.7. The monoisotopic (exact) mass is 486 g/mol. The van der Waals surface area contributed by atoms with Gasteiger partial charge in [0, 0.05) is 6.26 Å². The molecule has 0 saturated heterocycles. The molecule has 0 aliphatic rings. The molecule has 0 unspecified atom stereocenters. The summed E-state index contributed by atoms with van der Waals surface area (Å²) in [5.74, 6) is 0.225. The molecule has 0 fully saturated rings. The van der Waals surface area contributed by atoms with Gasteiger partial charge < -0.3 is 4.74 Å². The standard InChI is InChI=1S/C15H11IN4O3S2/c1-25(21,22)15-17-13(23-7-8-5-3-2-4-6-8)9-10-11(12(16)20-19-10)24-14(9)18-15/h2-6H,7H2,1H3,(H,19,20). The Kier molecular flexibility index (Phi) is 4.12. The zero-order chi connectivity index (χ0) is 17.6. The van der Waals surface area contributed by atoms with Crippen LogP contribution >= 0.6 is 33.9 Å². The molecule has 7 nitrogen and oxygen atoms in total. The van der Waals surface area contributed by atoms with Gasteiger partial charge in [0.05, 0.1) is 4.70 Å². The molecule has 0 aliphatic heterocycles. The molecular weight excluding hydrogens is 475 g/mol. The van der Waals surface area contributed by atoms with Crippen molar-refractivity contribution >= 4 is 64.2 Å². The highest BCUT2D eigenvalue weighted by molar-refractivity contribution is 14.1. The van der Waals surface area contributed by atoms with Crippen molar-refractivity contribution in [3.8, 4) is 5.88 Å². The number of fused-ring (bicyclic) bond motifs is 3. The van der Waals surface area contributed by atoms with Crippen LogP contribution in [0.4, 0.5) is 0 Å². The van der Waals surface area contributed by atoms with E-state index in [1.54, 1.807) is 0 Å². The third kappa shape index (κ3) is 3.09. The maximum absolute atomic E-state index is 11.9. The number of ether oxygens (including phenoxy) is 1. The van der Waals surface area contributed by atoms with Gasteiger partial charge in [-0.1, -0.05) is 30.3 Å². The molecular formula is C15H11IN4O3S2. The van der Waals surface area contributed by atoms with Crippen LogP contribution in [0.5, 0.6) is 5.88 Å². The molecule has 25 heavy (non-hydrogen) atoms. The summed E-state index contributed by atoms with van der Waals surface area (Å²) in [5, 5.41) is 7.58. The number of nitrogens with one attached hydrogen (secondary N) is 1. The summed E-state index contributed by atoms with van der Waals surface area (Å²) in [5.41, 5.74) is 1.64. The van der Waals surface area contributed by atoms with Crippen molar-refractivity contribution < 1.29 is 13.2 Å². The number of thiophene rings is 1. The predicted molar refractivity (Wildman–Crippen MR) is 104 cm³/mol. The second-order valence-corrected chi connectivity index (χ2v) is 9.34.